The van der Waals surface area contributed by atoms with Gasteiger partial charge < -0.3 is 5.73 Å². The van der Waals surface area contributed by atoms with Crippen LogP contribution in [-0.2, 0) is 10.0 Å². The van der Waals surface area contributed by atoms with Crippen molar-refractivity contribution in [3.63, 3.8) is 0 Å². The van der Waals surface area contributed by atoms with E-state index in [1.165, 1.54) is 13.1 Å². The van der Waals surface area contributed by atoms with Crippen molar-refractivity contribution >= 4 is 15.7 Å². The number of nitrogens with two attached hydrogens (primary N) is 1. The number of nitrogens with zero attached hydrogens (tertiary/aromatic N) is 2. The number of nitrogens with one attached hydrogen (secondary N) is 1. The number of aryl methyl sites for hydroxylation is 1. The largest absolute Gasteiger partial charge is 0.398 e. The number of hydrogen-bond acceptors (Lipinski definition) is 4. The minimum Gasteiger partial charge on any atom is -0.398 e. The monoisotopic (exact) mass is 266 g/mol. The fourth-order valence-electron chi connectivity index (χ4n) is 1.59. The van der Waals surface area contributed by atoms with Crippen molar-refractivity contribution in [1.29, 1.82) is 0 Å². The highest BCUT2D eigenvalue weighted by molar-refractivity contribution is 7.89. The van der Waals surface area contributed by atoms with Crippen LogP contribution in [0.3, 0.4) is 0 Å². The van der Waals surface area contributed by atoms with E-state index in [1.54, 1.807) is 23.0 Å². The van der Waals surface area contributed by atoms with Gasteiger partial charge in [-0.2, -0.15) is 5.10 Å². The fourth-order valence-corrected chi connectivity index (χ4v) is 2.43. The molecule has 0 unspecified atom stereocenters. The molecular formula is C11H14N4O2S. The van der Waals surface area contributed by atoms with E-state index in [9.17, 15) is 8.42 Å². The smallest absolute Gasteiger partial charge is 0.242 e. The maximum atomic E-state index is 11.7. The average molecular weight is 266 g/mol. The van der Waals surface area contributed by atoms with Crippen molar-refractivity contribution in [2.24, 2.45) is 0 Å². The van der Waals surface area contributed by atoms with Gasteiger partial charge in [0.05, 0.1) is 17.1 Å². The summed E-state index contributed by atoms with van der Waals surface area (Å²) in [6.45, 7) is 1.87. The molecule has 0 saturated heterocycles. The molecule has 7 heteroatoms. The van der Waals surface area contributed by atoms with Crippen LogP contribution in [0, 0.1) is 6.92 Å². The summed E-state index contributed by atoms with van der Waals surface area (Å²) < 4.78 is 27.2. The molecule has 2 aromatic rings. The van der Waals surface area contributed by atoms with Crippen LogP contribution in [0.5, 0.6) is 0 Å². The van der Waals surface area contributed by atoms with Gasteiger partial charge in [0.25, 0.3) is 0 Å². The first kappa shape index (κ1) is 12.6. The molecule has 2 rings (SSSR count). The van der Waals surface area contributed by atoms with Crippen molar-refractivity contribution < 1.29 is 8.42 Å². The average Bonchev–Trinajstić information content (AvgIpc) is 2.75. The molecule has 0 amide bonds. The summed E-state index contributed by atoms with van der Waals surface area (Å²) in [6, 6.07) is 6.56. The van der Waals surface area contributed by atoms with E-state index < -0.39 is 10.0 Å². The summed E-state index contributed by atoms with van der Waals surface area (Å²) in [4.78, 5) is 0.0672. The molecule has 0 aliphatic heterocycles. The zero-order valence-corrected chi connectivity index (χ0v) is 10.9. The second-order valence-corrected chi connectivity index (χ2v) is 5.69. The molecule has 0 aliphatic carbocycles. The van der Waals surface area contributed by atoms with Crippen molar-refractivity contribution in [2.75, 3.05) is 12.8 Å². The number of anilines is 1. The number of rotatable bonds is 3. The third-order valence-corrected chi connectivity index (χ3v) is 4.03. The SMILES string of the molecule is CNS(=O)(=O)c1ccc(-n2ccc(C)n2)cc1N. The summed E-state index contributed by atoms with van der Waals surface area (Å²) in [5, 5.41) is 4.23. The Kier molecular flexibility index (Phi) is 3.10. The molecule has 0 saturated carbocycles. The molecule has 0 radical (unpaired) electrons. The molecule has 1 heterocycles. The molecule has 18 heavy (non-hydrogen) atoms. The number of hydrogen-bond donors (Lipinski definition) is 2. The normalized spacial score (nSPS) is 11.7. The lowest BCUT2D eigenvalue weighted by Gasteiger charge is -2.08. The van der Waals surface area contributed by atoms with Gasteiger partial charge in [-0.15, -0.1) is 0 Å². The first-order valence-corrected chi connectivity index (χ1v) is 6.78. The maximum absolute atomic E-state index is 11.7. The molecular weight excluding hydrogens is 252 g/mol. The second-order valence-electron chi connectivity index (χ2n) is 3.83. The zero-order valence-electron chi connectivity index (χ0n) is 10.1. The first-order chi connectivity index (χ1) is 8.44. The summed E-state index contributed by atoms with van der Waals surface area (Å²) in [6.07, 6.45) is 1.79. The van der Waals surface area contributed by atoms with Crippen molar-refractivity contribution in [1.82, 2.24) is 14.5 Å². The second kappa shape index (κ2) is 4.43. The van der Waals surface area contributed by atoms with Gasteiger partial charge in [-0.3, -0.25) is 0 Å². The van der Waals surface area contributed by atoms with E-state index in [2.05, 4.69) is 9.82 Å². The first-order valence-electron chi connectivity index (χ1n) is 5.30. The number of benzene rings is 1. The Balaban J connectivity index is 2.49. The van der Waals surface area contributed by atoms with Gasteiger partial charge in [0.1, 0.15) is 4.90 Å². The van der Waals surface area contributed by atoms with Gasteiger partial charge >= 0.3 is 0 Å². The lowest BCUT2D eigenvalue weighted by Crippen LogP contribution is -2.20. The number of nitrogen functional groups attached to an aromatic ring is 1. The summed E-state index contributed by atoms with van der Waals surface area (Å²) in [5.41, 5.74) is 7.55. The minimum atomic E-state index is -3.53. The lowest BCUT2D eigenvalue weighted by atomic mass is 10.3. The molecule has 1 aromatic heterocycles. The highest BCUT2D eigenvalue weighted by Gasteiger charge is 2.15. The Labute approximate surface area is 105 Å². The Morgan fingerprint density at radius 3 is 2.56 bits per heavy atom. The quantitative estimate of drug-likeness (QED) is 0.799. The van der Waals surface area contributed by atoms with Crippen molar-refractivity contribution in [2.45, 2.75) is 11.8 Å². The van der Waals surface area contributed by atoms with E-state index in [0.29, 0.717) is 0 Å². The van der Waals surface area contributed by atoms with Crippen LogP contribution >= 0.6 is 0 Å². The van der Waals surface area contributed by atoms with Gasteiger partial charge in [-0.05, 0) is 38.2 Å². The molecule has 96 valence electrons. The highest BCUT2D eigenvalue weighted by Crippen LogP contribution is 2.21. The lowest BCUT2D eigenvalue weighted by molar-refractivity contribution is 0.588. The summed E-state index contributed by atoms with van der Waals surface area (Å²) in [5.74, 6) is 0. The van der Waals surface area contributed by atoms with E-state index >= 15 is 0 Å². The van der Waals surface area contributed by atoms with Gasteiger partial charge in [0, 0.05) is 6.20 Å². The predicted molar refractivity (Wildman–Crippen MR) is 69.0 cm³/mol. The third kappa shape index (κ3) is 2.22. The van der Waals surface area contributed by atoms with Crippen molar-refractivity contribution in [3.05, 3.63) is 36.2 Å². The third-order valence-electron chi connectivity index (χ3n) is 2.54. The van der Waals surface area contributed by atoms with E-state index in [0.717, 1.165) is 11.4 Å². The van der Waals surface area contributed by atoms with Gasteiger partial charge in [-0.1, -0.05) is 0 Å². The van der Waals surface area contributed by atoms with E-state index in [4.69, 9.17) is 5.73 Å². The highest BCUT2D eigenvalue weighted by atomic mass is 32.2. The van der Waals surface area contributed by atoms with Crippen molar-refractivity contribution in [3.8, 4) is 5.69 Å². The number of aromatic nitrogens is 2. The van der Waals surface area contributed by atoms with Gasteiger partial charge in [0.15, 0.2) is 0 Å². The topological polar surface area (TPSA) is 90.0 Å². The Hall–Kier alpha value is -1.86. The maximum Gasteiger partial charge on any atom is 0.242 e. The predicted octanol–water partition coefficient (Wildman–Crippen LogP) is 0.671. The molecule has 3 N–H and O–H groups in total. The van der Waals surface area contributed by atoms with Crippen LogP contribution in [-0.4, -0.2) is 25.2 Å². The summed E-state index contributed by atoms with van der Waals surface area (Å²) >= 11 is 0. The van der Waals surface area contributed by atoms with Gasteiger partial charge in [0.2, 0.25) is 10.0 Å². The van der Waals surface area contributed by atoms with Crippen LogP contribution in [0.15, 0.2) is 35.4 Å². The van der Waals surface area contributed by atoms with E-state index in [1.807, 2.05) is 13.0 Å². The van der Waals surface area contributed by atoms with Crippen LogP contribution in [0.25, 0.3) is 5.69 Å². The Morgan fingerprint density at radius 2 is 2.06 bits per heavy atom. The molecule has 0 atom stereocenters. The molecule has 6 nitrogen and oxygen atoms in total. The zero-order chi connectivity index (χ0) is 13.3. The van der Waals surface area contributed by atoms with Crippen LogP contribution in [0.4, 0.5) is 5.69 Å². The van der Waals surface area contributed by atoms with Crippen LogP contribution in [0.2, 0.25) is 0 Å². The fraction of sp³-hybridized carbons (Fsp3) is 0.182. The molecule has 0 bridgehead atoms. The molecule has 1 aromatic carbocycles. The standard InChI is InChI=1S/C11H14N4O2S/c1-8-5-6-15(14-8)9-3-4-11(10(12)7-9)18(16,17)13-2/h3-7,13H,12H2,1-2H3. The van der Waals surface area contributed by atoms with E-state index in [-0.39, 0.29) is 10.6 Å². The molecule has 0 spiro atoms. The van der Waals surface area contributed by atoms with Crippen LogP contribution in [0.1, 0.15) is 5.69 Å². The van der Waals surface area contributed by atoms with Gasteiger partial charge in [-0.25, -0.2) is 17.8 Å². The minimum absolute atomic E-state index is 0.0672. The molecule has 0 aliphatic rings. The Morgan fingerprint density at radius 1 is 1.33 bits per heavy atom. The number of sulfonamides is 1. The molecule has 0 fully saturated rings. The van der Waals surface area contributed by atoms with Crippen LogP contribution < -0.4 is 10.5 Å². The summed E-state index contributed by atoms with van der Waals surface area (Å²) in [7, 11) is -2.18. The Bertz CT molecular complexity index is 676.